The maximum absolute atomic E-state index is 11.9. The van der Waals surface area contributed by atoms with Crippen molar-refractivity contribution in [3.63, 3.8) is 0 Å². The Kier molecular flexibility index (Phi) is 4.37. The van der Waals surface area contributed by atoms with Gasteiger partial charge in [0.1, 0.15) is 0 Å². The summed E-state index contributed by atoms with van der Waals surface area (Å²) >= 11 is 0. The van der Waals surface area contributed by atoms with E-state index in [1.807, 2.05) is 32.9 Å². The van der Waals surface area contributed by atoms with Crippen molar-refractivity contribution in [2.75, 3.05) is 6.67 Å². The molecular formula is C8H15F. The van der Waals surface area contributed by atoms with Gasteiger partial charge in [0, 0.05) is 0 Å². The van der Waals surface area contributed by atoms with Crippen LogP contribution in [0.4, 0.5) is 4.39 Å². The first-order valence-electron chi connectivity index (χ1n) is 3.41. The van der Waals surface area contributed by atoms with Crippen LogP contribution in [0.3, 0.4) is 0 Å². The standard InChI is InChI=1S/C8H15F/c1-4-5-7(2)8(3)6-9/h4-5,7-8H,6H2,1-3H3/b5-4-. The fourth-order valence-electron chi connectivity index (χ4n) is 0.634. The highest BCUT2D eigenvalue weighted by molar-refractivity contribution is 4.85. The Labute approximate surface area is 56.8 Å². The molecular weight excluding hydrogens is 115 g/mol. The second kappa shape index (κ2) is 4.54. The van der Waals surface area contributed by atoms with Gasteiger partial charge in [0.25, 0.3) is 0 Å². The molecule has 0 rings (SSSR count). The number of alkyl halides is 1. The minimum atomic E-state index is -0.217. The van der Waals surface area contributed by atoms with Gasteiger partial charge in [-0.25, -0.2) is 0 Å². The third kappa shape index (κ3) is 3.28. The van der Waals surface area contributed by atoms with Gasteiger partial charge in [-0.2, -0.15) is 0 Å². The largest absolute Gasteiger partial charge is 0.251 e. The van der Waals surface area contributed by atoms with Crippen molar-refractivity contribution >= 4 is 0 Å². The Morgan fingerprint density at radius 2 is 2.00 bits per heavy atom. The van der Waals surface area contributed by atoms with E-state index < -0.39 is 0 Å². The number of hydrogen-bond donors (Lipinski definition) is 0. The van der Waals surface area contributed by atoms with Crippen LogP contribution in [0.15, 0.2) is 12.2 Å². The fourth-order valence-corrected chi connectivity index (χ4v) is 0.634. The van der Waals surface area contributed by atoms with E-state index in [2.05, 4.69) is 0 Å². The Bertz CT molecular complexity index is 86.6. The molecule has 0 N–H and O–H groups in total. The molecule has 1 heteroatoms. The molecule has 9 heavy (non-hydrogen) atoms. The highest BCUT2D eigenvalue weighted by atomic mass is 19.1. The molecule has 0 amide bonds. The monoisotopic (exact) mass is 130 g/mol. The van der Waals surface area contributed by atoms with Crippen LogP contribution in [-0.4, -0.2) is 6.67 Å². The third-order valence-corrected chi connectivity index (χ3v) is 1.64. The lowest BCUT2D eigenvalue weighted by molar-refractivity contribution is 0.331. The molecule has 0 radical (unpaired) electrons. The smallest absolute Gasteiger partial charge is 0.0925 e. The molecule has 0 aromatic heterocycles. The summed E-state index contributed by atoms with van der Waals surface area (Å²) in [6.45, 7) is 5.70. The van der Waals surface area contributed by atoms with Crippen molar-refractivity contribution in [2.24, 2.45) is 11.8 Å². The minimum absolute atomic E-state index is 0.168. The Balaban J connectivity index is 3.58. The van der Waals surface area contributed by atoms with Gasteiger partial charge in [-0.3, -0.25) is 4.39 Å². The second-order valence-corrected chi connectivity index (χ2v) is 2.52. The van der Waals surface area contributed by atoms with Crippen molar-refractivity contribution in [3.8, 4) is 0 Å². The van der Waals surface area contributed by atoms with E-state index in [9.17, 15) is 4.39 Å². The lowest BCUT2D eigenvalue weighted by atomic mass is 9.97. The summed E-state index contributed by atoms with van der Waals surface area (Å²) in [5, 5.41) is 0. The van der Waals surface area contributed by atoms with Gasteiger partial charge in [-0.15, -0.1) is 0 Å². The molecule has 0 fully saturated rings. The van der Waals surface area contributed by atoms with Crippen molar-refractivity contribution < 1.29 is 4.39 Å². The zero-order valence-corrected chi connectivity index (χ0v) is 6.39. The molecule has 0 aliphatic heterocycles. The van der Waals surface area contributed by atoms with Gasteiger partial charge in [-0.1, -0.05) is 26.0 Å². The summed E-state index contributed by atoms with van der Waals surface area (Å²) in [6.07, 6.45) is 4.00. The first kappa shape index (κ1) is 8.67. The molecule has 2 atom stereocenters. The molecule has 0 aliphatic carbocycles. The van der Waals surface area contributed by atoms with Gasteiger partial charge in [-0.05, 0) is 18.8 Å². The lowest BCUT2D eigenvalue weighted by Crippen LogP contribution is -2.06. The van der Waals surface area contributed by atoms with Crippen molar-refractivity contribution in [1.29, 1.82) is 0 Å². The number of rotatable bonds is 3. The Morgan fingerprint density at radius 1 is 1.44 bits per heavy atom. The maximum atomic E-state index is 11.9. The normalized spacial score (nSPS) is 18.2. The highest BCUT2D eigenvalue weighted by Gasteiger charge is 2.06. The van der Waals surface area contributed by atoms with E-state index >= 15 is 0 Å². The van der Waals surface area contributed by atoms with Crippen LogP contribution in [0.2, 0.25) is 0 Å². The van der Waals surface area contributed by atoms with Crippen molar-refractivity contribution in [1.82, 2.24) is 0 Å². The van der Waals surface area contributed by atoms with Crippen LogP contribution < -0.4 is 0 Å². The summed E-state index contributed by atoms with van der Waals surface area (Å²) < 4.78 is 11.9. The highest BCUT2D eigenvalue weighted by Crippen LogP contribution is 2.11. The van der Waals surface area contributed by atoms with Crippen LogP contribution in [0.25, 0.3) is 0 Å². The molecule has 0 saturated heterocycles. The molecule has 54 valence electrons. The SMILES string of the molecule is C/C=C\C(C)C(C)CF. The first-order chi connectivity index (χ1) is 4.22. The summed E-state index contributed by atoms with van der Waals surface area (Å²) in [5.41, 5.74) is 0. The lowest BCUT2D eigenvalue weighted by Gasteiger charge is -2.10. The van der Waals surface area contributed by atoms with Crippen LogP contribution in [0, 0.1) is 11.8 Å². The van der Waals surface area contributed by atoms with E-state index in [0.29, 0.717) is 5.92 Å². The van der Waals surface area contributed by atoms with Crippen LogP contribution in [0.5, 0.6) is 0 Å². The van der Waals surface area contributed by atoms with Gasteiger partial charge in [0.2, 0.25) is 0 Å². The number of halogens is 1. The van der Waals surface area contributed by atoms with Gasteiger partial charge in [0.05, 0.1) is 6.67 Å². The molecule has 2 unspecified atom stereocenters. The predicted octanol–water partition coefficient (Wildman–Crippen LogP) is 2.80. The van der Waals surface area contributed by atoms with Crippen LogP contribution >= 0.6 is 0 Å². The van der Waals surface area contributed by atoms with Crippen LogP contribution in [0.1, 0.15) is 20.8 Å². The molecule has 0 aromatic carbocycles. The molecule has 0 spiro atoms. The van der Waals surface area contributed by atoms with Crippen molar-refractivity contribution in [3.05, 3.63) is 12.2 Å². The average Bonchev–Trinajstić information content (AvgIpc) is 1.87. The van der Waals surface area contributed by atoms with Gasteiger partial charge < -0.3 is 0 Å². The fraction of sp³-hybridized carbons (Fsp3) is 0.750. The van der Waals surface area contributed by atoms with E-state index in [0.717, 1.165) is 0 Å². The quantitative estimate of drug-likeness (QED) is 0.515. The second-order valence-electron chi connectivity index (χ2n) is 2.52. The Hall–Kier alpha value is -0.330. The van der Waals surface area contributed by atoms with Crippen LogP contribution in [-0.2, 0) is 0 Å². The summed E-state index contributed by atoms with van der Waals surface area (Å²) in [6, 6.07) is 0. The summed E-state index contributed by atoms with van der Waals surface area (Å²) in [7, 11) is 0. The first-order valence-corrected chi connectivity index (χ1v) is 3.41. The molecule has 0 saturated carbocycles. The van der Waals surface area contributed by atoms with Crippen molar-refractivity contribution in [2.45, 2.75) is 20.8 Å². The summed E-state index contributed by atoms with van der Waals surface area (Å²) in [4.78, 5) is 0. The minimum Gasteiger partial charge on any atom is -0.251 e. The van der Waals surface area contributed by atoms with E-state index in [1.54, 1.807) is 0 Å². The average molecular weight is 130 g/mol. The van der Waals surface area contributed by atoms with Gasteiger partial charge in [0.15, 0.2) is 0 Å². The summed E-state index contributed by atoms with van der Waals surface area (Å²) in [5.74, 6) is 0.543. The number of allylic oxidation sites excluding steroid dienone is 2. The molecule has 0 aliphatic rings. The third-order valence-electron chi connectivity index (χ3n) is 1.64. The van der Waals surface area contributed by atoms with E-state index in [1.165, 1.54) is 0 Å². The topological polar surface area (TPSA) is 0 Å². The predicted molar refractivity (Wildman–Crippen MR) is 39.1 cm³/mol. The Morgan fingerprint density at radius 3 is 2.33 bits per heavy atom. The zero-order chi connectivity index (χ0) is 7.28. The van der Waals surface area contributed by atoms with E-state index in [4.69, 9.17) is 0 Å². The van der Waals surface area contributed by atoms with Gasteiger partial charge >= 0.3 is 0 Å². The number of hydrogen-bond acceptors (Lipinski definition) is 0. The molecule has 0 heterocycles. The molecule has 0 nitrogen and oxygen atoms in total. The zero-order valence-electron chi connectivity index (χ0n) is 6.39. The van der Waals surface area contributed by atoms with E-state index in [-0.39, 0.29) is 12.6 Å². The maximum Gasteiger partial charge on any atom is 0.0925 e. The molecule has 0 bridgehead atoms. The molecule has 0 aromatic rings.